The molecule has 1 heterocycles. The molecule has 0 bridgehead atoms. The highest BCUT2D eigenvalue weighted by molar-refractivity contribution is 5.80. The summed E-state index contributed by atoms with van der Waals surface area (Å²) in [6.07, 6.45) is 2.09. The molecule has 0 atom stereocenters. The maximum Gasteiger partial charge on any atom is 0.252 e. The van der Waals surface area contributed by atoms with E-state index in [9.17, 15) is 4.39 Å². The first-order chi connectivity index (χ1) is 9.22. The number of nitriles is 1. The van der Waals surface area contributed by atoms with Gasteiger partial charge in [-0.1, -0.05) is 19.1 Å². The fourth-order valence-electron chi connectivity index (χ4n) is 1.38. The fraction of sp³-hybridized carbons (Fsp3) is 0.154. The van der Waals surface area contributed by atoms with Gasteiger partial charge < -0.3 is 4.42 Å². The van der Waals surface area contributed by atoms with Crippen LogP contribution < -0.4 is 5.43 Å². The van der Waals surface area contributed by atoms with Crippen LogP contribution in [-0.2, 0) is 6.42 Å². The molecule has 0 aliphatic carbocycles. The van der Waals surface area contributed by atoms with Crippen LogP contribution in [0.1, 0.15) is 24.1 Å². The van der Waals surface area contributed by atoms with Crippen molar-refractivity contribution in [2.75, 3.05) is 5.43 Å². The third-order valence-corrected chi connectivity index (χ3v) is 2.33. The molecule has 1 N–H and O–H groups in total. The van der Waals surface area contributed by atoms with Crippen molar-refractivity contribution in [1.82, 2.24) is 4.98 Å². The van der Waals surface area contributed by atoms with Gasteiger partial charge in [0, 0.05) is 6.42 Å². The van der Waals surface area contributed by atoms with E-state index in [1.807, 2.05) is 13.0 Å². The summed E-state index contributed by atoms with van der Waals surface area (Å²) in [6.45, 7) is 1.87. The van der Waals surface area contributed by atoms with E-state index in [0.29, 0.717) is 12.3 Å². The first-order valence-electron chi connectivity index (χ1n) is 5.67. The van der Waals surface area contributed by atoms with Crippen molar-refractivity contribution in [1.29, 1.82) is 5.26 Å². The molecular formula is C13H11FN4O. The number of aryl methyl sites for hydroxylation is 1. The van der Waals surface area contributed by atoms with Gasteiger partial charge >= 0.3 is 0 Å². The van der Waals surface area contributed by atoms with Crippen molar-refractivity contribution in [3.8, 4) is 6.07 Å². The molecular weight excluding hydrogens is 247 g/mol. The standard InChI is InChI=1S/C13H11FN4O/c1-2-12-17-11(7-15)13(19-12)18-16-8-9-3-5-10(14)6-4-9/h3-6,8,18H,2H2,1H3/b16-8-. The Kier molecular flexibility index (Phi) is 3.88. The predicted octanol–water partition coefficient (Wildman–Crippen LogP) is 2.69. The van der Waals surface area contributed by atoms with Crippen molar-refractivity contribution in [2.45, 2.75) is 13.3 Å². The molecule has 0 amide bonds. The first kappa shape index (κ1) is 12.8. The quantitative estimate of drug-likeness (QED) is 0.675. The van der Waals surface area contributed by atoms with Crippen LogP contribution in [0.5, 0.6) is 0 Å². The van der Waals surface area contributed by atoms with Crippen molar-refractivity contribution in [3.05, 3.63) is 47.2 Å². The normalized spacial score (nSPS) is 10.6. The van der Waals surface area contributed by atoms with Gasteiger partial charge in [-0.05, 0) is 17.7 Å². The lowest BCUT2D eigenvalue weighted by Gasteiger charge is -1.95. The van der Waals surface area contributed by atoms with Gasteiger partial charge in [-0.3, -0.25) is 0 Å². The van der Waals surface area contributed by atoms with Crippen molar-refractivity contribution in [2.24, 2.45) is 5.10 Å². The molecule has 2 rings (SSSR count). The summed E-state index contributed by atoms with van der Waals surface area (Å²) < 4.78 is 18.0. The van der Waals surface area contributed by atoms with Gasteiger partial charge in [0.1, 0.15) is 11.9 Å². The molecule has 2 aromatic rings. The van der Waals surface area contributed by atoms with E-state index in [4.69, 9.17) is 9.68 Å². The van der Waals surface area contributed by atoms with Gasteiger partial charge in [-0.2, -0.15) is 10.4 Å². The Bertz CT molecular complexity index is 625. The SMILES string of the molecule is CCc1nc(C#N)c(N/N=C\c2ccc(F)cc2)o1. The summed E-state index contributed by atoms with van der Waals surface area (Å²) in [5.74, 6) is 0.369. The van der Waals surface area contributed by atoms with E-state index >= 15 is 0 Å². The number of rotatable bonds is 4. The maximum absolute atomic E-state index is 12.7. The van der Waals surface area contributed by atoms with E-state index in [0.717, 1.165) is 5.56 Å². The first-order valence-corrected chi connectivity index (χ1v) is 5.67. The second-order valence-corrected chi connectivity index (χ2v) is 3.67. The highest BCUT2D eigenvalue weighted by atomic mass is 19.1. The zero-order valence-electron chi connectivity index (χ0n) is 10.2. The van der Waals surface area contributed by atoms with E-state index in [1.165, 1.54) is 18.3 Å². The summed E-state index contributed by atoms with van der Waals surface area (Å²) in [4.78, 5) is 3.97. The lowest BCUT2D eigenvalue weighted by molar-refractivity contribution is 0.513. The summed E-state index contributed by atoms with van der Waals surface area (Å²) in [6, 6.07) is 7.77. The number of hydrogen-bond acceptors (Lipinski definition) is 5. The zero-order valence-corrected chi connectivity index (χ0v) is 10.2. The number of nitrogens with one attached hydrogen (secondary N) is 1. The minimum atomic E-state index is -0.306. The van der Waals surface area contributed by atoms with Gasteiger partial charge in [0.05, 0.1) is 6.21 Å². The molecule has 1 aromatic carbocycles. The molecule has 0 aliphatic heterocycles. The van der Waals surface area contributed by atoms with Crippen LogP contribution in [0.3, 0.4) is 0 Å². The predicted molar refractivity (Wildman–Crippen MR) is 68.2 cm³/mol. The number of hydrazone groups is 1. The molecule has 5 nitrogen and oxygen atoms in total. The molecule has 1 aromatic heterocycles. The molecule has 0 unspecified atom stereocenters. The lowest BCUT2D eigenvalue weighted by atomic mass is 10.2. The average Bonchev–Trinajstić information content (AvgIpc) is 2.83. The Hall–Kier alpha value is -2.68. The van der Waals surface area contributed by atoms with Gasteiger partial charge in [-0.15, -0.1) is 0 Å². The highest BCUT2D eigenvalue weighted by Gasteiger charge is 2.10. The number of benzene rings is 1. The van der Waals surface area contributed by atoms with Crippen molar-refractivity contribution in [3.63, 3.8) is 0 Å². The number of aromatic nitrogens is 1. The van der Waals surface area contributed by atoms with Crippen LogP contribution in [0.25, 0.3) is 0 Å². The molecule has 0 saturated heterocycles. The Labute approximate surface area is 109 Å². The minimum Gasteiger partial charge on any atom is -0.422 e. The number of nitrogens with zero attached hydrogens (tertiary/aromatic N) is 3. The van der Waals surface area contributed by atoms with Crippen LogP contribution >= 0.6 is 0 Å². The molecule has 96 valence electrons. The number of hydrogen-bond donors (Lipinski definition) is 1. The van der Waals surface area contributed by atoms with Crippen LogP contribution in [0, 0.1) is 17.1 Å². The zero-order chi connectivity index (χ0) is 13.7. The van der Waals surface area contributed by atoms with Gasteiger partial charge in [0.15, 0.2) is 5.89 Å². The molecule has 0 spiro atoms. The van der Waals surface area contributed by atoms with E-state index in [2.05, 4.69) is 15.5 Å². The van der Waals surface area contributed by atoms with Crippen molar-refractivity contribution >= 4 is 12.1 Å². The Morgan fingerprint density at radius 3 is 2.84 bits per heavy atom. The lowest BCUT2D eigenvalue weighted by Crippen LogP contribution is -1.91. The average molecular weight is 258 g/mol. The summed E-state index contributed by atoms with van der Waals surface area (Å²) in [7, 11) is 0. The van der Waals surface area contributed by atoms with Crippen molar-refractivity contribution < 1.29 is 8.81 Å². The van der Waals surface area contributed by atoms with Gasteiger partial charge in [0.2, 0.25) is 5.69 Å². The molecule has 0 saturated carbocycles. The van der Waals surface area contributed by atoms with E-state index in [1.54, 1.807) is 12.1 Å². The Morgan fingerprint density at radius 2 is 2.21 bits per heavy atom. The fourth-order valence-corrected chi connectivity index (χ4v) is 1.38. The second kappa shape index (κ2) is 5.78. The van der Waals surface area contributed by atoms with Gasteiger partial charge in [0.25, 0.3) is 5.88 Å². The third kappa shape index (κ3) is 3.16. The van der Waals surface area contributed by atoms with E-state index in [-0.39, 0.29) is 17.4 Å². The van der Waals surface area contributed by atoms with Crippen LogP contribution in [0.15, 0.2) is 33.8 Å². The largest absolute Gasteiger partial charge is 0.422 e. The summed E-state index contributed by atoms with van der Waals surface area (Å²) in [5.41, 5.74) is 3.49. The van der Waals surface area contributed by atoms with Gasteiger partial charge in [-0.25, -0.2) is 14.8 Å². The van der Waals surface area contributed by atoms with Crippen LogP contribution in [0.4, 0.5) is 10.3 Å². The Morgan fingerprint density at radius 1 is 1.47 bits per heavy atom. The summed E-state index contributed by atoms with van der Waals surface area (Å²) in [5, 5.41) is 12.8. The molecule has 0 radical (unpaired) electrons. The topological polar surface area (TPSA) is 74.2 Å². The van der Waals surface area contributed by atoms with Crippen LogP contribution in [0.2, 0.25) is 0 Å². The number of halogens is 1. The second-order valence-electron chi connectivity index (χ2n) is 3.67. The smallest absolute Gasteiger partial charge is 0.252 e. The minimum absolute atomic E-state index is 0.160. The number of oxazole rings is 1. The number of anilines is 1. The van der Waals surface area contributed by atoms with E-state index < -0.39 is 0 Å². The summed E-state index contributed by atoms with van der Waals surface area (Å²) >= 11 is 0. The third-order valence-electron chi connectivity index (χ3n) is 2.33. The maximum atomic E-state index is 12.7. The molecule has 0 aliphatic rings. The molecule has 19 heavy (non-hydrogen) atoms. The monoisotopic (exact) mass is 258 g/mol. The Balaban J connectivity index is 2.08. The highest BCUT2D eigenvalue weighted by Crippen LogP contribution is 2.16. The molecule has 0 fully saturated rings. The molecule has 6 heteroatoms. The van der Waals surface area contributed by atoms with Crippen LogP contribution in [-0.4, -0.2) is 11.2 Å².